The van der Waals surface area contributed by atoms with Gasteiger partial charge in [-0.25, -0.2) is 0 Å². The molecule has 0 heterocycles. The van der Waals surface area contributed by atoms with Gasteiger partial charge in [0, 0.05) is 16.7 Å². The molecule has 18 heavy (non-hydrogen) atoms. The first kappa shape index (κ1) is 15.0. The quantitative estimate of drug-likeness (QED) is 0.393. The van der Waals surface area contributed by atoms with Crippen molar-refractivity contribution in [2.45, 2.75) is 38.1 Å². The van der Waals surface area contributed by atoms with Crippen LogP contribution in [0.5, 0.6) is 0 Å². The third-order valence-electron chi connectivity index (χ3n) is 2.57. The fourth-order valence-electron chi connectivity index (χ4n) is 1.45. The highest BCUT2D eigenvalue weighted by atomic mass is 16.5. The number of benzene rings is 1. The van der Waals surface area contributed by atoms with Crippen LogP contribution >= 0.6 is 0 Å². The van der Waals surface area contributed by atoms with E-state index in [0.717, 1.165) is 39.0 Å². The molecule has 0 atom stereocenters. The van der Waals surface area contributed by atoms with Crippen molar-refractivity contribution in [1.29, 1.82) is 0 Å². The van der Waals surface area contributed by atoms with Crippen molar-refractivity contribution < 1.29 is 30.6 Å². The van der Waals surface area contributed by atoms with Crippen LogP contribution in [-0.4, -0.2) is 30.6 Å². The molecule has 6 N–H and O–H groups in total. The Bertz CT molecular complexity index is 354. The van der Waals surface area contributed by atoms with E-state index in [2.05, 4.69) is 0 Å². The van der Waals surface area contributed by atoms with E-state index in [1.54, 1.807) is 0 Å². The molecule has 0 aliphatic rings. The lowest BCUT2D eigenvalue weighted by Gasteiger charge is -2.25. The first-order valence-electron chi connectivity index (χ1n) is 5.32. The van der Waals surface area contributed by atoms with Gasteiger partial charge in [-0.2, -0.15) is 0 Å². The Morgan fingerprint density at radius 3 is 0.833 bits per heavy atom. The monoisotopic (exact) mass is 258 g/mol. The Kier molecular flexibility index (Phi) is 3.57. The van der Waals surface area contributed by atoms with Gasteiger partial charge in [0.1, 0.15) is 0 Å². The maximum Gasteiger partial charge on any atom is 0.186 e. The lowest BCUT2D eigenvalue weighted by atomic mass is 9.94. The average Bonchev–Trinajstić information content (AvgIpc) is 2.13. The van der Waals surface area contributed by atoms with Crippen LogP contribution in [0.3, 0.4) is 0 Å². The molecule has 1 rings (SSSR count). The highest BCUT2D eigenvalue weighted by Gasteiger charge is 2.29. The molecule has 0 spiro atoms. The summed E-state index contributed by atoms with van der Waals surface area (Å²) in [5, 5.41) is 57.0. The summed E-state index contributed by atoms with van der Waals surface area (Å²) in [5.74, 6) is -6.70. The first-order chi connectivity index (χ1) is 7.82. The summed E-state index contributed by atoms with van der Waals surface area (Å²) in [4.78, 5) is 0. The number of aliphatic hydroxyl groups is 6. The molecule has 102 valence electrons. The third kappa shape index (κ3) is 3.49. The van der Waals surface area contributed by atoms with Gasteiger partial charge >= 0.3 is 0 Å². The fourth-order valence-corrected chi connectivity index (χ4v) is 1.45. The lowest BCUT2D eigenvalue weighted by Crippen LogP contribution is -2.27. The van der Waals surface area contributed by atoms with E-state index in [9.17, 15) is 30.6 Å². The van der Waals surface area contributed by atoms with Crippen molar-refractivity contribution in [1.82, 2.24) is 0 Å². The Hall–Kier alpha value is -1.02. The van der Waals surface area contributed by atoms with Gasteiger partial charge in [0.25, 0.3) is 0 Å². The van der Waals surface area contributed by atoms with E-state index in [-0.39, 0.29) is 16.7 Å². The normalized spacial score (nSPS) is 13.8. The highest BCUT2D eigenvalue weighted by molar-refractivity contribution is 5.36. The van der Waals surface area contributed by atoms with Gasteiger partial charge in [-0.05, 0) is 39.0 Å². The second-order valence-corrected chi connectivity index (χ2v) is 4.86. The van der Waals surface area contributed by atoms with Gasteiger partial charge in [-0.15, -0.1) is 0 Å². The van der Waals surface area contributed by atoms with Crippen molar-refractivity contribution in [3.8, 4) is 0 Å². The van der Waals surface area contributed by atoms with Crippen molar-refractivity contribution in [3.05, 3.63) is 34.9 Å². The third-order valence-corrected chi connectivity index (χ3v) is 2.57. The van der Waals surface area contributed by atoms with Gasteiger partial charge in [0.15, 0.2) is 17.4 Å². The van der Waals surface area contributed by atoms with Gasteiger partial charge < -0.3 is 30.6 Å². The van der Waals surface area contributed by atoms with Gasteiger partial charge in [-0.1, -0.05) is 0 Å². The molecule has 0 aliphatic carbocycles. The largest absolute Gasteiger partial charge is 0.362 e. The standard InChI is InChI=1S/C12H18O6/c1-10(13,14)7-4-8(11(2,15)16)6-9(5-7)12(3,17)18/h4-6,13-18H,1-3H3. The minimum atomic E-state index is -2.23. The van der Waals surface area contributed by atoms with E-state index < -0.39 is 17.4 Å². The topological polar surface area (TPSA) is 121 Å². The molecule has 0 saturated carbocycles. The van der Waals surface area contributed by atoms with Crippen LogP contribution < -0.4 is 0 Å². The van der Waals surface area contributed by atoms with Crippen molar-refractivity contribution >= 4 is 0 Å². The molecule has 6 nitrogen and oxygen atoms in total. The van der Waals surface area contributed by atoms with Crippen molar-refractivity contribution in [3.63, 3.8) is 0 Å². The Morgan fingerprint density at radius 1 is 0.556 bits per heavy atom. The maximum atomic E-state index is 9.50. The molecule has 0 unspecified atom stereocenters. The van der Waals surface area contributed by atoms with Crippen LogP contribution in [0.4, 0.5) is 0 Å². The Morgan fingerprint density at radius 2 is 0.722 bits per heavy atom. The number of hydrogen-bond acceptors (Lipinski definition) is 6. The SMILES string of the molecule is CC(O)(O)c1cc(C(C)(O)O)cc(C(C)(O)O)c1. The summed E-state index contributed by atoms with van der Waals surface area (Å²) in [6.07, 6.45) is 0. The molecule has 1 aromatic carbocycles. The number of rotatable bonds is 3. The smallest absolute Gasteiger partial charge is 0.186 e. The second kappa shape index (κ2) is 4.27. The zero-order valence-corrected chi connectivity index (χ0v) is 10.4. The molecule has 0 saturated heterocycles. The summed E-state index contributed by atoms with van der Waals surface area (Å²) in [6, 6.07) is 3.49. The number of hydrogen-bond donors (Lipinski definition) is 6. The van der Waals surface area contributed by atoms with Crippen LogP contribution in [-0.2, 0) is 17.4 Å². The molecule has 0 fully saturated rings. The van der Waals surface area contributed by atoms with Crippen LogP contribution in [0.25, 0.3) is 0 Å². The van der Waals surface area contributed by atoms with E-state index in [4.69, 9.17) is 0 Å². The van der Waals surface area contributed by atoms with E-state index in [1.807, 2.05) is 0 Å². The first-order valence-corrected chi connectivity index (χ1v) is 5.32. The molecule has 6 heteroatoms. The average molecular weight is 258 g/mol. The Balaban J connectivity index is 3.49. The molecular formula is C12H18O6. The predicted molar refractivity (Wildman–Crippen MR) is 61.8 cm³/mol. The van der Waals surface area contributed by atoms with E-state index in [0.29, 0.717) is 0 Å². The van der Waals surface area contributed by atoms with Crippen LogP contribution in [0.15, 0.2) is 18.2 Å². The molecule has 0 radical (unpaired) electrons. The van der Waals surface area contributed by atoms with Gasteiger partial charge in [-0.3, -0.25) is 0 Å². The molecule has 0 aromatic heterocycles. The van der Waals surface area contributed by atoms with E-state index >= 15 is 0 Å². The van der Waals surface area contributed by atoms with Gasteiger partial charge in [0.2, 0.25) is 0 Å². The predicted octanol–water partition coefficient (Wildman–Crippen LogP) is -0.842. The van der Waals surface area contributed by atoms with Crippen molar-refractivity contribution in [2.24, 2.45) is 0 Å². The summed E-state index contributed by atoms with van der Waals surface area (Å²) >= 11 is 0. The van der Waals surface area contributed by atoms with Gasteiger partial charge in [0.05, 0.1) is 0 Å². The zero-order valence-electron chi connectivity index (χ0n) is 10.4. The molecular weight excluding hydrogens is 240 g/mol. The van der Waals surface area contributed by atoms with Crippen LogP contribution in [0.1, 0.15) is 37.5 Å². The summed E-state index contributed by atoms with van der Waals surface area (Å²) in [5.41, 5.74) is -0.254. The molecule has 1 aromatic rings. The summed E-state index contributed by atoms with van der Waals surface area (Å²) < 4.78 is 0. The van der Waals surface area contributed by atoms with Crippen LogP contribution in [0, 0.1) is 0 Å². The highest BCUT2D eigenvalue weighted by Crippen LogP contribution is 2.29. The summed E-state index contributed by atoms with van der Waals surface area (Å²) in [6.45, 7) is 3.23. The molecule has 0 aliphatic heterocycles. The molecule has 0 bridgehead atoms. The minimum Gasteiger partial charge on any atom is -0.362 e. The summed E-state index contributed by atoms with van der Waals surface area (Å²) in [7, 11) is 0. The van der Waals surface area contributed by atoms with Crippen LogP contribution in [0.2, 0.25) is 0 Å². The molecule has 0 amide bonds. The zero-order chi connectivity index (χ0) is 14.4. The fraction of sp³-hybridized carbons (Fsp3) is 0.500. The van der Waals surface area contributed by atoms with E-state index in [1.165, 1.54) is 0 Å². The Labute approximate surface area is 104 Å². The maximum absolute atomic E-state index is 9.50. The van der Waals surface area contributed by atoms with Crippen molar-refractivity contribution in [2.75, 3.05) is 0 Å². The minimum absolute atomic E-state index is 0.0846. The second-order valence-electron chi connectivity index (χ2n) is 4.86. The lowest BCUT2D eigenvalue weighted by molar-refractivity contribution is -0.162.